The van der Waals surface area contributed by atoms with E-state index in [1.54, 1.807) is 49.5 Å². The van der Waals surface area contributed by atoms with Crippen LogP contribution in [0.4, 0.5) is 0 Å². The van der Waals surface area contributed by atoms with Crippen molar-refractivity contribution in [2.75, 3.05) is 14.1 Å². The zero-order valence-corrected chi connectivity index (χ0v) is 12.3. The highest BCUT2D eigenvalue weighted by Crippen LogP contribution is 2.34. The number of hydrogen-bond acceptors (Lipinski definition) is 4. The Bertz CT molecular complexity index is 628. The molecule has 2 rings (SSSR count). The number of aliphatic hydroxyl groups is 1. The highest BCUT2D eigenvalue weighted by atomic mass is 16.3. The standard InChI is InChI=1S/C16H18N2O3/c1-16(21)14(11-7-5-4-6-8-11)13(15(20)17-16)12(19)9-10-18(2)3/h4-10,21H,1-3H3,(H,17,20). The minimum absolute atomic E-state index is 0.0238. The highest BCUT2D eigenvalue weighted by Gasteiger charge is 2.42. The fourth-order valence-corrected chi connectivity index (χ4v) is 2.27. The normalized spacial score (nSPS) is 21.8. The van der Waals surface area contributed by atoms with Gasteiger partial charge in [-0.25, -0.2) is 0 Å². The molecule has 1 aromatic rings. The summed E-state index contributed by atoms with van der Waals surface area (Å²) in [5.41, 5.74) is -0.636. The lowest BCUT2D eigenvalue weighted by molar-refractivity contribution is -0.122. The lowest BCUT2D eigenvalue weighted by Crippen LogP contribution is -2.40. The molecule has 0 bridgehead atoms. The van der Waals surface area contributed by atoms with E-state index < -0.39 is 17.4 Å². The molecule has 1 atom stereocenters. The molecule has 0 fully saturated rings. The predicted molar refractivity (Wildman–Crippen MR) is 80.0 cm³/mol. The first-order chi connectivity index (χ1) is 9.83. The van der Waals surface area contributed by atoms with Gasteiger partial charge in [-0.3, -0.25) is 9.59 Å². The minimum Gasteiger partial charge on any atom is -0.383 e. The van der Waals surface area contributed by atoms with Crippen molar-refractivity contribution in [3.8, 4) is 0 Å². The Morgan fingerprint density at radius 2 is 1.90 bits per heavy atom. The van der Waals surface area contributed by atoms with Gasteiger partial charge in [-0.2, -0.15) is 0 Å². The quantitative estimate of drug-likeness (QED) is 0.638. The molecule has 0 aromatic heterocycles. The van der Waals surface area contributed by atoms with Crippen molar-refractivity contribution in [2.24, 2.45) is 0 Å². The number of carbonyl (C=O) groups excluding carboxylic acids is 2. The smallest absolute Gasteiger partial charge is 0.258 e. The molecular formula is C16H18N2O3. The molecular weight excluding hydrogens is 268 g/mol. The van der Waals surface area contributed by atoms with Crippen LogP contribution in [0, 0.1) is 0 Å². The zero-order valence-electron chi connectivity index (χ0n) is 12.3. The maximum atomic E-state index is 12.3. The third-order valence-electron chi connectivity index (χ3n) is 3.15. The van der Waals surface area contributed by atoms with E-state index in [9.17, 15) is 14.7 Å². The summed E-state index contributed by atoms with van der Waals surface area (Å²) in [6.07, 6.45) is 2.89. The van der Waals surface area contributed by atoms with Crippen LogP contribution in [0.15, 0.2) is 48.2 Å². The number of ketones is 1. The van der Waals surface area contributed by atoms with Gasteiger partial charge in [-0.15, -0.1) is 0 Å². The van der Waals surface area contributed by atoms with E-state index in [4.69, 9.17) is 0 Å². The van der Waals surface area contributed by atoms with Crippen LogP contribution in [0.25, 0.3) is 5.57 Å². The van der Waals surface area contributed by atoms with Gasteiger partial charge in [0.25, 0.3) is 5.91 Å². The second kappa shape index (κ2) is 5.54. The Labute approximate surface area is 123 Å². The summed E-state index contributed by atoms with van der Waals surface area (Å²) in [4.78, 5) is 26.1. The van der Waals surface area contributed by atoms with E-state index >= 15 is 0 Å². The van der Waals surface area contributed by atoms with E-state index in [-0.39, 0.29) is 5.57 Å². The minimum atomic E-state index is -1.56. The molecule has 110 valence electrons. The lowest BCUT2D eigenvalue weighted by Gasteiger charge is -2.21. The molecule has 5 nitrogen and oxygen atoms in total. The molecule has 0 spiro atoms. The molecule has 0 radical (unpaired) electrons. The van der Waals surface area contributed by atoms with Crippen molar-refractivity contribution in [1.82, 2.24) is 10.2 Å². The van der Waals surface area contributed by atoms with Gasteiger partial charge in [-0.1, -0.05) is 30.3 Å². The molecule has 5 heteroatoms. The predicted octanol–water partition coefficient (Wildman–Crippen LogP) is 0.923. The van der Waals surface area contributed by atoms with Crippen molar-refractivity contribution < 1.29 is 14.7 Å². The topological polar surface area (TPSA) is 69.6 Å². The Morgan fingerprint density at radius 3 is 2.48 bits per heavy atom. The van der Waals surface area contributed by atoms with Crippen molar-refractivity contribution in [2.45, 2.75) is 12.6 Å². The maximum Gasteiger partial charge on any atom is 0.258 e. The summed E-state index contributed by atoms with van der Waals surface area (Å²) in [5.74, 6) is -0.995. The number of carbonyl (C=O) groups is 2. The van der Waals surface area contributed by atoms with E-state index in [1.807, 2.05) is 6.07 Å². The number of nitrogens with one attached hydrogen (secondary N) is 1. The van der Waals surface area contributed by atoms with Crippen molar-refractivity contribution in [3.05, 3.63) is 53.7 Å². The first kappa shape index (κ1) is 15.0. The fourth-order valence-electron chi connectivity index (χ4n) is 2.27. The van der Waals surface area contributed by atoms with Gasteiger partial charge in [0.05, 0.1) is 5.57 Å². The van der Waals surface area contributed by atoms with Gasteiger partial charge in [-0.05, 0) is 12.5 Å². The Hall–Kier alpha value is -2.40. The van der Waals surface area contributed by atoms with Crippen LogP contribution >= 0.6 is 0 Å². The van der Waals surface area contributed by atoms with Gasteiger partial charge >= 0.3 is 0 Å². The number of nitrogens with zero attached hydrogens (tertiary/aromatic N) is 1. The Morgan fingerprint density at radius 1 is 1.29 bits per heavy atom. The lowest BCUT2D eigenvalue weighted by atomic mass is 9.93. The van der Waals surface area contributed by atoms with Crippen LogP contribution < -0.4 is 5.32 Å². The summed E-state index contributed by atoms with van der Waals surface area (Å²) >= 11 is 0. The van der Waals surface area contributed by atoms with Gasteiger partial charge in [0.1, 0.15) is 0 Å². The van der Waals surface area contributed by atoms with Gasteiger partial charge in [0, 0.05) is 31.9 Å². The number of rotatable bonds is 4. The molecule has 1 heterocycles. The molecule has 0 aliphatic carbocycles. The molecule has 1 unspecified atom stereocenters. The molecule has 1 amide bonds. The number of benzene rings is 1. The number of amides is 1. The molecule has 21 heavy (non-hydrogen) atoms. The number of allylic oxidation sites excluding steroid dienone is 1. The summed E-state index contributed by atoms with van der Waals surface area (Å²) in [6, 6.07) is 8.92. The molecule has 1 aliphatic rings. The summed E-state index contributed by atoms with van der Waals surface area (Å²) < 4.78 is 0. The van der Waals surface area contributed by atoms with Crippen molar-refractivity contribution >= 4 is 17.3 Å². The summed E-state index contributed by atoms with van der Waals surface area (Å²) in [5, 5.41) is 12.8. The number of hydrogen-bond donors (Lipinski definition) is 2. The molecule has 2 N–H and O–H groups in total. The second-order valence-electron chi connectivity index (χ2n) is 5.29. The largest absolute Gasteiger partial charge is 0.383 e. The van der Waals surface area contributed by atoms with Crippen molar-refractivity contribution in [1.29, 1.82) is 0 Å². The monoisotopic (exact) mass is 286 g/mol. The average Bonchev–Trinajstić information content (AvgIpc) is 2.66. The average molecular weight is 286 g/mol. The fraction of sp³-hybridized carbons (Fsp3) is 0.250. The van der Waals surface area contributed by atoms with E-state index in [1.165, 1.54) is 13.0 Å². The van der Waals surface area contributed by atoms with E-state index in [0.717, 1.165) is 0 Å². The summed E-state index contributed by atoms with van der Waals surface area (Å²) in [7, 11) is 3.56. The van der Waals surface area contributed by atoms with Crippen LogP contribution in [-0.4, -0.2) is 41.5 Å². The van der Waals surface area contributed by atoms with Gasteiger partial charge in [0.2, 0.25) is 0 Å². The SMILES string of the molecule is CN(C)C=CC(=O)C1=C(c2ccccc2)C(C)(O)NC1=O. The van der Waals surface area contributed by atoms with Crippen LogP contribution in [0.3, 0.4) is 0 Å². The molecule has 0 saturated heterocycles. The van der Waals surface area contributed by atoms with Gasteiger partial charge < -0.3 is 15.3 Å². The Balaban J connectivity index is 2.55. The zero-order chi connectivity index (χ0) is 15.6. The molecule has 0 saturated carbocycles. The molecule has 1 aliphatic heterocycles. The van der Waals surface area contributed by atoms with Gasteiger partial charge in [0.15, 0.2) is 11.5 Å². The molecule has 1 aromatic carbocycles. The maximum absolute atomic E-state index is 12.3. The third-order valence-corrected chi connectivity index (χ3v) is 3.15. The summed E-state index contributed by atoms with van der Waals surface area (Å²) in [6.45, 7) is 1.46. The van der Waals surface area contributed by atoms with Crippen LogP contribution in [0.5, 0.6) is 0 Å². The van der Waals surface area contributed by atoms with Crippen LogP contribution in [0.2, 0.25) is 0 Å². The highest BCUT2D eigenvalue weighted by molar-refractivity contribution is 6.30. The van der Waals surface area contributed by atoms with E-state index in [0.29, 0.717) is 11.1 Å². The van der Waals surface area contributed by atoms with Crippen molar-refractivity contribution in [3.63, 3.8) is 0 Å². The van der Waals surface area contributed by atoms with Crippen LogP contribution in [0.1, 0.15) is 12.5 Å². The first-order valence-corrected chi connectivity index (χ1v) is 6.57. The Kier molecular flexibility index (Phi) is 3.95. The first-order valence-electron chi connectivity index (χ1n) is 6.57. The third kappa shape index (κ3) is 3.03. The van der Waals surface area contributed by atoms with Crippen LogP contribution in [-0.2, 0) is 9.59 Å². The van der Waals surface area contributed by atoms with E-state index in [2.05, 4.69) is 5.32 Å². The second-order valence-corrected chi connectivity index (χ2v) is 5.29.